The van der Waals surface area contributed by atoms with Crippen LogP contribution in [0.5, 0.6) is 5.75 Å². The first-order chi connectivity index (χ1) is 19.1. The minimum absolute atomic E-state index is 0. The van der Waals surface area contributed by atoms with Gasteiger partial charge >= 0.3 is 0 Å². The Morgan fingerprint density at radius 1 is 1.10 bits per heavy atom. The number of aromatic nitrogens is 2. The van der Waals surface area contributed by atoms with Crippen molar-refractivity contribution in [1.82, 2.24) is 25.5 Å². The maximum atomic E-state index is 13.6. The lowest BCUT2D eigenvalue weighted by molar-refractivity contribution is -0.145. The number of nitrogens with zero attached hydrogens (tertiary/aromatic N) is 5. The van der Waals surface area contributed by atoms with Crippen molar-refractivity contribution < 1.29 is 18.8 Å². The van der Waals surface area contributed by atoms with Gasteiger partial charge in [-0.2, -0.15) is 4.98 Å². The van der Waals surface area contributed by atoms with Crippen LogP contribution in [0.4, 0.5) is 5.69 Å². The molecule has 10 nitrogen and oxygen atoms in total. The minimum atomic E-state index is -0.125. The maximum Gasteiger partial charge on any atom is 0.256 e. The van der Waals surface area contributed by atoms with E-state index < -0.39 is 0 Å². The summed E-state index contributed by atoms with van der Waals surface area (Å²) in [7, 11) is 3.43. The number of fused-ring (bicyclic) bond motifs is 1. The number of hydrogen-bond donors (Lipinski definition) is 1. The molecule has 1 aliphatic rings. The monoisotopic (exact) mass is 564 g/mol. The predicted molar refractivity (Wildman–Crippen MR) is 160 cm³/mol. The molecule has 222 valence electrons. The molecular formula is C31H44N6O4. The number of likely N-dealkylation sites (N-methyl/N-ethyl adjacent to an activating group) is 1. The number of amides is 2. The van der Waals surface area contributed by atoms with Crippen molar-refractivity contribution in [2.75, 3.05) is 38.7 Å². The molecule has 0 radical (unpaired) electrons. The number of ether oxygens (including phenoxy) is 1. The lowest BCUT2D eigenvalue weighted by atomic mass is 10.1. The second-order valence-corrected chi connectivity index (χ2v) is 10.8. The molecule has 0 aliphatic carbocycles. The van der Waals surface area contributed by atoms with Crippen LogP contribution in [0.25, 0.3) is 11.4 Å². The molecule has 4 rings (SSSR count). The average molecular weight is 565 g/mol. The first-order valence-corrected chi connectivity index (χ1v) is 13.7. The molecule has 1 aliphatic heterocycles. The van der Waals surface area contributed by atoms with E-state index in [1.165, 1.54) is 0 Å². The van der Waals surface area contributed by atoms with Crippen molar-refractivity contribution >= 4 is 17.5 Å². The number of carbonyl (C=O) groups is 2. The molecule has 1 aromatic heterocycles. The summed E-state index contributed by atoms with van der Waals surface area (Å²) in [6.45, 7) is 9.96. The number of benzene rings is 2. The highest BCUT2D eigenvalue weighted by molar-refractivity contribution is 5.87. The molecule has 0 saturated carbocycles. The SMILES string of the molecule is C.COc1ccc2c(c1)CN(N(C)C(=O)CN(CC(=O)NCCCC(C)C)c1cc(-c3noc(C)n3)ccc1C)C2. The zero-order valence-corrected chi connectivity index (χ0v) is 24.4. The van der Waals surface area contributed by atoms with E-state index in [0.717, 1.165) is 46.5 Å². The first kappa shape index (κ1) is 31.6. The zero-order valence-electron chi connectivity index (χ0n) is 24.4. The summed E-state index contributed by atoms with van der Waals surface area (Å²) in [5.74, 6) is 2.07. The molecule has 10 heteroatoms. The van der Waals surface area contributed by atoms with E-state index in [-0.39, 0.29) is 32.3 Å². The second kappa shape index (κ2) is 14.1. The Morgan fingerprint density at radius 3 is 2.54 bits per heavy atom. The van der Waals surface area contributed by atoms with Gasteiger partial charge in [-0.25, -0.2) is 5.01 Å². The van der Waals surface area contributed by atoms with Crippen LogP contribution >= 0.6 is 0 Å². The third-order valence-corrected chi connectivity index (χ3v) is 7.18. The maximum absolute atomic E-state index is 13.6. The summed E-state index contributed by atoms with van der Waals surface area (Å²) in [4.78, 5) is 32.8. The Morgan fingerprint density at radius 2 is 1.85 bits per heavy atom. The standard InChI is InChI=1S/C30H40N6O4.CH4/c1-20(2)8-7-13-31-28(37)18-35(27-15-23(10-9-21(27)3)30-32-22(4)40-33-30)19-29(38)34(5)36-16-24-11-12-26(39-6)14-25(24)17-36;/h9-12,14-15,20H,7-8,13,16-19H2,1-6H3,(H,31,37);1H4. The molecule has 0 fully saturated rings. The van der Waals surface area contributed by atoms with Crippen LogP contribution in [0.1, 0.15) is 56.7 Å². The Balaban J connectivity index is 0.00000462. The van der Waals surface area contributed by atoms with Gasteiger partial charge in [-0.1, -0.05) is 44.6 Å². The van der Waals surface area contributed by atoms with Gasteiger partial charge in [-0.05, 0) is 60.6 Å². The Labute approximate surface area is 243 Å². The summed E-state index contributed by atoms with van der Waals surface area (Å²) in [6, 6.07) is 11.8. The van der Waals surface area contributed by atoms with Gasteiger partial charge in [0, 0.05) is 44.9 Å². The lowest BCUT2D eigenvalue weighted by Crippen LogP contribution is -2.48. The van der Waals surface area contributed by atoms with E-state index in [2.05, 4.69) is 29.3 Å². The van der Waals surface area contributed by atoms with Gasteiger partial charge < -0.3 is 19.5 Å². The van der Waals surface area contributed by atoms with Crippen LogP contribution in [0, 0.1) is 19.8 Å². The molecule has 3 aromatic rings. The van der Waals surface area contributed by atoms with Gasteiger partial charge in [0.1, 0.15) is 5.75 Å². The molecule has 2 heterocycles. The molecular weight excluding hydrogens is 520 g/mol. The fourth-order valence-corrected chi connectivity index (χ4v) is 4.81. The lowest BCUT2D eigenvalue weighted by Gasteiger charge is -2.32. The van der Waals surface area contributed by atoms with Gasteiger partial charge in [-0.15, -0.1) is 0 Å². The van der Waals surface area contributed by atoms with Crippen molar-refractivity contribution in [1.29, 1.82) is 0 Å². The van der Waals surface area contributed by atoms with E-state index >= 15 is 0 Å². The van der Waals surface area contributed by atoms with Crippen molar-refractivity contribution in [2.45, 2.75) is 61.1 Å². The van der Waals surface area contributed by atoms with Crippen LogP contribution < -0.4 is 15.0 Å². The highest BCUT2D eigenvalue weighted by Crippen LogP contribution is 2.29. The fourth-order valence-electron chi connectivity index (χ4n) is 4.81. The smallest absolute Gasteiger partial charge is 0.256 e. The number of methoxy groups -OCH3 is 1. The normalized spacial score (nSPS) is 12.6. The van der Waals surface area contributed by atoms with E-state index in [1.54, 1.807) is 26.1 Å². The molecule has 0 spiro atoms. The summed E-state index contributed by atoms with van der Waals surface area (Å²) < 4.78 is 10.5. The number of anilines is 1. The largest absolute Gasteiger partial charge is 0.497 e. The Bertz CT molecular complexity index is 1340. The van der Waals surface area contributed by atoms with Crippen LogP contribution in [0.2, 0.25) is 0 Å². The quantitative estimate of drug-likeness (QED) is 0.315. The predicted octanol–water partition coefficient (Wildman–Crippen LogP) is 4.75. The summed E-state index contributed by atoms with van der Waals surface area (Å²) in [5, 5.41) is 10.7. The zero-order chi connectivity index (χ0) is 28.8. The summed E-state index contributed by atoms with van der Waals surface area (Å²) >= 11 is 0. The van der Waals surface area contributed by atoms with E-state index in [0.29, 0.717) is 37.3 Å². The second-order valence-electron chi connectivity index (χ2n) is 10.8. The van der Waals surface area contributed by atoms with E-state index in [4.69, 9.17) is 9.26 Å². The minimum Gasteiger partial charge on any atom is -0.497 e. The van der Waals surface area contributed by atoms with Gasteiger partial charge in [0.2, 0.25) is 17.6 Å². The number of aryl methyl sites for hydroxylation is 2. The van der Waals surface area contributed by atoms with Crippen LogP contribution in [0.15, 0.2) is 40.9 Å². The van der Waals surface area contributed by atoms with Gasteiger partial charge in [-0.3, -0.25) is 14.6 Å². The van der Waals surface area contributed by atoms with Crippen molar-refractivity contribution in [3.05, 3.63) is 59.0 Å². The molecule has 0 unspecified atom stereocenters. The third-order valence-electron chi connectivity index (χ3n) is 7.18. The number of hydrogen-bond acceptors (Lipinski definition) is 8. The highest BCUT2D eigenvalue weighted by Gasteiger charge is 2.27. The number of rotatable bonds is 12. The topological polar surface area (TPSA) is 104 Å². The molecule has 1 N–H and O–H groups in total. The number of hydrazine groups is 1. The number of nitrogens with one attached hydrogen (secondary N) is 1. The molecule has 2 aromatic carbocycles. The van der Waals surface area contributed by atoms with Gasteiger partial charge in [0.05, 0.1) is 20.2 Å². The third kappa shape index (κ3) is 8.07. The van der Waals surface area contributed by atoms with Gasteiger partial charge in [0.25, 0.3) is 5.91 Å². The molecule has 0 atom stereocenters. The molecule has 41 heavy (non-hydrogen) atoms. The van der Waals surface area contributed by atoms with Crippen LogP contribution in [-0.4, -0.2) is 65.8 Å². The van der Waals surface area contributed by atoms with Crippen LogP contribution in [0.3, 0.4) is 0 Å². The molecule has 0 bridgehead atoms. The van der Waals surface area contributed by atoms with E-state index in [9.17, 15) is 9.59 Å². The van der Waals surface area contributed by atoms with Gasteiger partial charge in [0.15, 0.2) is 0 Å². The fraction of sp³-hybridized carbons (Fsp3) is 0.484. The Hall–Kier alpha value is -3.92. The molecule has 0 saturated heterocycles. The van der Waals surface area contributed by atoms with Crippen molar-refractivity contribution in [2.24, 2.45) is 5.92 Å². The van der Waals surface area contributed by atoms with Crippen molar-refractivity contribution in [3.63, 3.8) is 0 Å². The highest BCUT2D eigenvalue weighted by atomic mass is 16.5. The van der Waals surface area contributed by atoms with E-state index in [1.807, 2.05) is 53.2 Å². The molecule has 2 amide bonds. The average Bonchev–Trinajstić information content (AvgIpc) is 3.56. The first-order valence-electron chi connectivity index (χ1n) is 13.7. The van der Waals surface area contributed by atoms with Crippen LogP contribution in [-0.2, 0) is 22.7 Å². The summed E-state index contributed by atoms with van der Waals surface area (Å²) in [6.07, 6.45) is 1.96. The van der Waals surface area contributed by atoms with Crippen molar-refractivity contribution in [3.8, 4) is 17.1 Å². The Kier molecular flexibility index (Phi) is 10.9. The summed E-state index contributed by atoms with van der Waals surface area (Å²) in [5.41, 5.74) is 4.76. The number of carbonyl (C=O) groups excluding carboxylic acids is 2.